The van der Waals surface area contributed by atoms with Gasteiger partial charge < -0.3 is 14.4 Å². The van der Waals surface area contributed by atoms with Crippen LogP contribution >= 0.6 is 22.9 Å². The average Bonchev–Trinajstić information content (AvgIpc) is 3.38. The lowest BCUT2D eigenvalue weighted by Gasteiger charge is -2.37. The van der Waals surface area contributed by atoms with Crippen LogP contribution in [0.3, 0.4) is 0 Å². The van der Waals surface area contributed by atoms with Crippen LogP contribution in [0.1, 0.15) is 21.6 Å². The minimum atomic E-state index is 0.113. The van der Waals surface area contributed by atoms with Crippen molar-refractivity contribution < 1.29 is 4.79 Å². The lowest BCUT2D eigenvalue weighted by molar-refractivity contribution is 0.0737. The molecular formula is C25H24ClN3OS. The maximum Gasteiger partial charge on any atom is 0.270 e. The molecule has 2 aromatic heterocycles. The molecule has 0 spiro atoms. The minimum absolute atomic E-state index is 0.113. The van der Waals surface area contributed by atoms with Gasteiger partial charge in [-0.3, -0.25) is 4.79 Å². The number of hydrogen-bond acceptors (Lipinski definition) is 3. The molecule has 1 fully saturated rings. The van der Waals surface area contributed by atoms with Crippen molar-refractivity contribution in [2.45, 2.75) is 13.5 Å². The number of nitrogens with zero attached hydrogens (tertiary/aromatic N) is 3. The van der Waals surface area contributed by atoms with E-state index < -0.39 is 0 Å². The number of rotatable bonds is 4. The van der Waals surface area contributed by atoms with E-state index >= 15 is 0 Å². The smallest absolute Gasteiger partial charge is 0.270 e. The molecule has 0 saturated carbocycles. The summed E-state index contributed by atoms with van der Waals surface area (Å²) >= 11 is 7.90. The summed E-state index contributed by atoms with van der Waals surface area (Å²) in [7, 11) is 0. The van der Waals surface area contributed by atoms with Gasteiger partial charge in [-0.2, -0.15) is 0 Å². The number of carbonyl (C=O) groups excluding carboxylic acids is 1. The first kappa shape index (κ1) is 20.2. The molecule has 1 saturated heterocycles. The highest BCUT2D eigenvalue weighted by Crippen LogP contribution is 2.29. The number of aryl methyl sites for hydroxylation is 1. The summed E-state index contributed by atoms with van der Waals surface area (Å²) in [6.07, 6.45) is 0. The molecule has 0 unspecified atom stereocenters. The second-order valence-corrected chi connectivity index (χ2v) is 9.37. The number of aromatic nitrogens is 1. The van der Waals surface area contributed by atoms with E-state index in [-0.39, 0.29) is 5.91 Å². The fourth-order valence-corrected chi connectivity index (χ4v) is 5.31. The number of amides is 1. The monoisotopic (exact) mass is 449 g/mol. The summed E-state index contributed by atoms with van der Waals surface area (Å²) in [6, 6.07) is 20.5. The Hall–Kier alpha value is -2.76. The molecule has 0 N–H and O–H groups in total. The van der Waals surface area contributed by atoms with Crippen molar-refractivity contribution in [3.63, 3.8) is 0 Å². The molecule has 1 amide bonds. The van der Waals surface area contributed by atoms with E-state index in [1.165, 1.54) is 11.1 Å². The van der Waals surface area contributed by atoms with E-state index in [0.717, 1.165) is 39.7 Å². The lowest BCUT2D eigenvalue weighted by atomic mass is 10.1. The number of benzene rings is 2. The molecule has 0 radical (unpaired) electrons. The first-order chi connectivity index (χ1) is 15.1. The Balaban J connectivity index is 1.37. The summed E-state index contributed by atoms with van der Waals surface area (Å²) in [5, 5.41) is 2.84. The zero-order valence-electron chi connectivity index (χ0n) is 17.4. The number of thiophene rings is 1. The SMILES string of the molecule is Cc1ccc(Cl)cc1N1CCN(C(=O)c2cc3sccc3n2Cc2ccccc2)CC1. The molecule has 0 aliphatic carbocycles. The van der Waals surface area contributed by atoms with Crippen molar-refractivity contribution in [1.29, 1.82) is 0 Å². The summed E-state index contributed by atoms with van der Waals surface area (Å²) in [6.45, 7) is 5.82. The molecule has 2 aromatic carbocycles. The third-order valence-corrected chi connectivity index (χ3v) is 7.09. The van der Waals surface area contributed by atoms with Gasteiger partial charge >= 0.3 is 0 Å². The van der Waals surface area contributed by atoms with E-state index in [1.54, 1.807) is 11.3 Å². The Morgan fingerprint density at radius 1 is 1.00 bits per heavy atom. The summed E-state index contributed by atoms with van der Waals surface area (Å²) in [5.41, 5.74) is 5.47. The van der Waals surface area contributed by atoms with Gasteiger partial charge in [0.15, 0.2) is 0 Å². The maximum atomic E-state index is 13.5. The number of hydrogen-bond donors (Lipinski definition) is 0. The number of piperazine rings is 1. The molecule has 5 rings (SSSR count). The molecule has 0 bridgehead atoms. The van der Waals surface area contributed by atoms with Gasteiger partial charge in [-0.05, 0) is 47.7 Å². The predicted molar refractivity (Wildman–Crippen MR) is 130 cm³/mol. The summed E-state index contributed by atoms with van der Waals surface area (Å²) < 4.78 is 3.32. The molecule has 0 atom stereocenters. The van der Waals surface area contributed by atoms with Crippen LogP contribution in [0.5, 0.6) is 0 Å². The normalized spacial score (nSPS) is 14.4. The van der Waals surface area contributed by atoms with Crippen LogP contribution in [-0.4, -0.2) is 41.6 Å². The molecule has 4 nitrogen and oxygen atoms in total. The quantitative estimate of drug-likeness (QED) is 0.401. The predicted octanol–water partition coefficient (Wildman–Crippen LogP) is 5.68. The fourth-order valence-electron chi connectivity index (χ4n) is 4.33. The van der Waals surface area contributed by atoms with Crippen LogP contribution < -0.4 is 4.90 Å². The van der Waals surface area contributed by atoms with E-state index in [4.69, 9.17) is 11.6 Å². The van der Waals surface area contributed by atoms with Crippen LogP contribution in [-0.2, 0) is 6.54 Å². The Morgan fingerprint density at radius 3 is 2.55 bits per heavy atom. The maximum absolute atomic E-state index is 13.5. The summed E-state index contributed by atoms with van der Waals surface area (Å²) in [5.74, 6) is 0.113. The molecule has 158 valence electrons. The van der Waals surface area contributed by atoms with Crippen molar-refractivity contribution in [3.05, 3.63) is 87.9 Å². The van der Waals surface area contributed by atoms with Gasteiger partial charge in [-0.1, -0.05) is 48.0 Å². The van der Waals surface area contributed by atoms with Crippen molar-refractivity contribution in [2.75, 3.05) is 31.1 Å². The molecular weight excluding hydrogens is 426 g/mol. The average molecular weight is 450 g/mol. The number of carbonyl (C=O) groups is 1. The fraction of sp³-hybridized carbons (Fsp3) is 0.240. The van der Waals surface area contributed by atoms with Crippen molar-refractivity contribution >= 4 is 44.7 Å². The van der Waals surface area contributed by atoms with Gasteiger partial charge in [-0.25, -0.2) is 0 Å². The van der Waals surface area contributed by atoms with Gasteiger partial charge in [0.2, 0.25) is 0 Å². The van der Waals surface area contributed by atoms with Crippen LogP contribution in [0.25, 0.3) is 10.2 Å². The highest BCUT2D eigenvalue weighted by Gasteiger charge is 2.26. The third kappa shape index (κ3) is 3.95. The number of fused-ring (bicyclic) bond motifs is 1. The zero-order valence-corrected chi connectivity index (χ0v) is 19.0. The number of halogens is 1. The van der Waals surface area contributed by atoms with Crippen molar-refractivity contribution in [1.82, 2.24) is 9.47 Å². The number of anilines is 1. The van der Waals surface area contributed by atoms with Gasteiger partial charge in [-0.15, -0.1) is 11.3 Å². The second kappa shape index (κ2) is 8.40. The first-order valence-corrected chi connectivity index (χ1v) is 11.8. The van der Waals surface area contributed by atoms with Crippen LogP contribution in [0.4, 0.5) is 5.69 Å². The van der Waals surface area contributed by atoms with Gasteiger partial charge in [0, 0.05) is 43.4 Å². The van der Waals surface area contributed by atoms with Crippen molar-refractivity contribution in [3.8, 4) is 0 Å². The highest BCUT2D eigenvalue weighted by atomic mass is 35.5. The summed E-state index contributed by atoms with van der Waals surface area (Å²) in [4.78, 5) is 17.8. The molecule has 6 heteroatoms. The minimum Gasteiger partial charge on any atom is -0.368 e. The topological polar surface area (TPSA) is 28.5 Å². The standard InChI is InChI=1S/C25H24ClN3OS/c1-18-7-8-20(26)15-22(18)27-10-12-28(13-11-27)25(30)23-16-24-21(9-14-31-24)29(23)17-19-5-3-2-4-6-19/h2-9,14-16H,10-13,17H2,1H3. The largest absolute Gasteiger partial charge is 0.368 e. The van der Waals surface area contributed by atoms with Gasteiger partial charge in [0.05, 0.1) is 10.2 Å². The van der Waals surface area contributed by atoms with Gasteiger partial charge in [0.1, 0.15) is 5.69 Å². The van der Waals surface area contributed by atoms with E-state index in [9.17, 15) is 4.79 Å². The van der Waals surface area contributed by atoms with Gasteiger partial charge in [0.25, 0.3) is 5.91 Å². The highest BCUT2D eigenvalue weighted by molar-refractivity contribution is 7.17. The van der Waals surface area contributed by atoms with Crippen LogP contribution in [0.2, 0.25) is 5.02 Å². The van der Waals surface area contributed by atoms with E-state index in [2.05, 4.69) is 52.1 Å². The first-order valence-electron chi connectivity index (χ1n) is 10.5. The van der Waals surface area contributed by atoms with E-state index in [1.807, 2.05) is 35.2 Å². The lowest BCUT2D eigenvalue weighted by Crippen LogP contribution is -2.49. The third-order valence-electron chi connectivity index (χ3n) is 6.00. The van der Waals surface area contributed by atoms with Crippen molar-refractivity contribution in [2.24, 2.45) is 0 Å². The molecule has 3 heterocycles. The Bertz CT molecular complexity index is 1220. The van der Waals surface area contributed by atoms with Crippen LogP contribution in [0.15, 0.2) is 66.0 Å². The van der Waals surface area contributed by atoms with Crippen LogP contribution in [0, 0.1) is 6.92 Å². The molecule has 1 aliphatic rings. The molecule has 31 heavy (non-hydrogen) atoms. The Morgan fingerprint density at radius 2 is 1.77 bits per heavy atom. The Kier molecular flexibility index (Phi) is 5.47. The zero-order chi connectivity index (χ0) is 21.4. The second-order valence-electron chi connectivity index (χ2n) is 7.98. The Labute approximate surface area is 191 Å². The van der Waals surface area contributed by atoms with E-state index in [0.29, 0.717) is 19.6 Å². The molecule has 1 aliphatic heterocycles. The molecule has 4 aromatic rings.